The molecule has 3 rings (SSSR count). The Bertz CT molecular complexity index is 614. The number of benzene rings is 1. The van der Waals surface area contributed by atoms with E-state index in [0.717, 1.165) is 17.3 Å². The third kappa shape index (κ3) is 2.68. The largest absolute Gasteiger partial charge is 0.312 e. The zero-order chi connectivity index (χ0) is 13.1. The van der Waals surface area contributed by atoms with Gasteiger partial charge in [0.1, 0.15) is 0 Å². The first-order valence-electron chi connectivity index (χ1n) is 7.03. The summed E-state index contributed by atoms with van der Waals surface area (Å²) >= 11 is 0. The van der Waals surface area contributed by atoms with E-state index in [4.69, 9.17) is 0 Å². The summed E-state index contributed by atoms with van der Waals surface area (Å²) in [5.74, 6) is 0. The lowest BCUT2D eigenvalue weighted by atomic mass is 10.2. The number of nitrogens with zero attached hydrogens (tertiary/aromatic N) is 2. The van der Waals surface area contributed by atoms with Crippen molar-refractivity contribution in [3.63, 3.8) is 0 Å². The van der Waals surface area contributed by atoms with Gasteiger partial charge in [-0.3, -0.25) is 4.79 Å². The highest BCUT2D eigenvalue weighted by Gasteiger charge is 2.13. The van der Waals surface area contributed by atoms with Crippen molar-refractivity contribution in [1.29, 1.82) is 0 Å². The number of hydrogen-bond donors (Lipinski definition) is 1. The molecule has 0 saturated heterocycles. The molecule has 1 aromatic heterocycles. The molecule has 1 heterocycles. The molecule has 0 aliphatic heterocycles. The van der Waals surface area contributed by atoms with Crippen LogP contribution in [0.25, 0.3) is 10.8 Å². The summed E-state index contributed by atoms with van der Waals surface area (Å²) in [6, 6.07) is 8.24. The molecule has 4 nitrogen and oxygen atoms in total. The molecule has 0 atom stereocenters. The zero-order valence-electron chi connectivity index (χ0n) is 11.0. The van der Waals surface area contributed by atoms with Gasteiger partial charge in [0.15, 0.2) is 0 Å². The number of nitrogens with one attached hydrogen (secondary N) is 1. The minimum atomic E-state index is 0.00585. The van der Waals surface area contributed by atoms with Crippen LogP contribution in [0.3, 0.4) is 0 Å². The molecular weight excluding hydrogens is 238 g/mol. The molecule has 1 N–H and O–H groups in total. The molecule has 2 aromatic rings. The minimum Gasteiger partial charge on any atom is -0.312 e. The van der Waals surface area contributed by atoms with Gasteiger partial charge in [0, 0.05) is 18.0 Å². The third-order valence-corrected chi connectivity index (χ3v) is 3.87. The van der Waals surface area contributed by atoms with Crippen molar-refractivity contribution in [2.45, 2.75) is 38.3 Å². The quantitative estimate of drug-likeness (QED) is 0.910. The lowest BCUT2D eigenvalue weighted by Crippen LogP contribution is -2.33. The van der Waals surface area contributed by atoms with Crippen molar-refractivity contribution in [2.75, 3.05) is 6.54 Å². The van der Waals surface area contributed by atoms with E-state index in [-0.39, 0.29) is 5.56 Å². The molecule has 0 amide bonds. The van der Waals surface area contributed by atoms with Crippen molar-refractivity contribution in [1.82, 2.24) is 15.1 Å². The lowest BCUT2D eigenvalue weighted by Gasteiger charge is -2.12. The van der Waals surface area contributed by atoms with Crippen LogP contribution in [-0.2, 0) is 6.54 Å². The molecule has 1 aliphatic rings. The maximum atomic E-state index is 12.2. The van der Waals surface area contributed by atoms with Crippen molar-refractivity contribution in [2.24, 2.45) is 0 Å². The highest BCUT2D eigenvalue weighted by atomic mass is 16.1. The van der Waals surface area contributed by atoms with E-state index in [1.807, 2.05) is 24.3 Å². The monoisotopic (exact) mass is 257 g/mol. The summed E-state index contributed by atoms with van der Waals surface area (Å²) in [6.45, 7) is 1.45. The second-order valence-corrected chi connectivity index (χ2v) is 5.20. The lowest BCUT2D eigenvalue weighted by molar-refractivity contribution is 0.472. The Morgan fingerprint density at radius 3 is 2.89 bits per heavy atom. The molecule has 0 spiro atoms. The molecule has 1 aliphatic carbocycles. The maximum absolute atomic E-state index is 12.2. The van der Waals surface area contributed by atoms with Crippen LogP contribution < -0.4 is 10.9 Å². The van der Waals surface area contributed by atoms with Gasteiger partial charge in [-0.05, 0) is 18.9 Å². The average molecular weight is 257 g/mol. The van der Waals surface area contributed by atoms with E-state index in [0.29, 0.717) is 12.6 Å². The van der Waals surface area contributed by atoms with Gasteiger partial charge in [-0.25, -0.2) is 4.68 Å². The van der Waals surface area contributed by atoms with E-state index in [9.17, 15) is 4.79 Å². The molecule has 0 unspecified atom stereocenters. The second-order valence-electron chi connectivity index (χ2n) is 5.20. The molecule has 1 aromatic carbocycles. The predicted octanol–water partition coefficient (Wildman–Crippen LogP) is 1.93. The summed E-state index contributed by atoms with van der Waals surface area (Å²) in [5, 5.41) is 9.40. The molecule has 100 valence electrons. The van der Waals surface area contributed by atoms with Gasteiger partial charge >= 0.3 is 0 Å². The Hall–Kier alpha value is -1.68. The van der Waals surface area contributed by atoms with Crippen LogP contribution in [0, 0.1) is 0 Å². The van der Waals surface area contributed by atoms with Gasteiger partial charge in [-0.15, -0.1) is 0 Å². The Balaban J connectivity index is 1.70. The summed E-state index contributed by atoms with van der Waals surface area (Å²) in [6.07, 6.45) is 6.95. The summed E-state index contributed by atoms with van der Waals surface area (Å²) in [5.41, 5.74) is 0.00585. The molecular formula is C15H19N3O. The molecule has 19 heavy (non-hydrogen) atoms. The Kier molecular flexibility index (Phi) is 3.60. The second kappa shape index (κ2) is 5.53. The fourth-order valence-corrected chi connectivity index (χ4v) is 2.79. The summed E-state index contributed by atoms with van der Waals surface area (Å²) in [4.78, 5) is 12.2. The standard InChI is InChI=1S/C15H19N3O/c19-15-14-8-4-1-5-12(14)11-17-18(15)10-9-16-13-6-2-3-7-13/h1,4-5,8,11,13,16H,2-3,6-7,9-10H2. The smallest absolute Gasteiger partial charge is 0.274 e. The minimum absolute atomic E-state index is 0.00585. The van der Waals surface area contributed by atoms with E-state index < -0.39 is 0 Å². The van der Waals surface area contributed by atoms with E-state index in [1.54, 1.807) is 10.9 Å². The highest BCUT2D eigenvalue weighted by molar-refractivity contribution is 5.80. The Labute approximate surface area is 112 Å². The Morgan fingerprint density at radius 1 is 1.26 bits per heavy atom. The van der Waals surface area contributed by atoms with Crippen LogP contribution in [0.1, 0.15) is 25.7 Å². The van der Waals surface area contributed by atoms with E-state index in [1.165, 1.54) is 25.7 Å². The fourth-order valence-electron chi connectivity index (χ4n) is 2.79. The molecule has 0 radical (unpaired) electrons. The molecule has 1 fully saturated rings. The van der Waals surface area contributed by atoms with E-state index >= 15 is 0 Å². The van der Waals surface area contributed by atoms with Crippen LogP contribution in [0.5, 0.6) is 0 Å². The van der Waals surface area contributed by atoms with Crippen molar-refractivity contribution in [3.05, 3.63) is 40.8 Å². The van der Waals surface area contributed by atoms with Gasteiger partial charge in [-0.1, -0.05) is 31.0 Å². The third-order valence-electron chi connectivity index (χ3n) is 3.87. The summed E-state index contributed by atoms with van der Waals surface area (Å²) < 4.78 is 1.56. The number of fused-ring (bicyclic) bond motifs is 1. The fraction of sp³-hybridized carbons (Fsp3) is 0.467. The highest BCUT2D eigenvalue weighted by Crippen LogP contribution is 2.17. The van der Waals surface area contributed by atoms with Gasteiger partial charge in [-0.2, -0.15) is 5.10 Å². The van der Waals surface area contributed by atoms with Gasteiger partial charge < -0.3 is 5.32 Å². The van der Waals surface area contributed by atoms with Crippen molar-refractivity contribution in [3.8, 4) is 0 Å². The topological polar surface area (TPSA) is 46.9 Å². The Morgan fingerprint density at radius 2 is 2.05 bits per heavy atom. The number of rotatable bonds is 4. The van der Waals surface area contributed by atoms with Gasteiger partial charge in [0.2, 0.25) is 0 Å². The van der Waals surface area contributed by atoms with Crippen LogP contribution in [0.15, 0.2) is 35.3 Å². The van der Waals surface area contributed by atoms with Crippen LogP contribution in [0.4, 0.5) is 0 Å². The van der Waals surface area contributed by atoms with Crippen LogP contribution in [0.2, 0.25) is 0 Å². The normalized spacial score (nSPS) is 16.2. The summed E-state index contributed by atoms with van der Waals surface area (Å²) in [7, 11) is 0. The van der Waals surface area contributed by atoms with Gasteiger partial charge in [0.05, 0.1) is 18.1 Å². The number of hydrogen-bond acceptors (Lipinski definition) is 3. The first-order valence-corrected chi connectivity index (χ1v) is 7.03. The van der Waals surface area contributed by atoms with Crippen molar-refractivity contribution < 1.29 is 0 Å². The van der Waals surface area contributed by atoms with Crippen molar-refractivity contribution >= 4 is 10.8 Å². The maximum Gasteiger partial charge on any atom is 0.274 e. The van der Waals surface area contributed by atoms with Crippen LogP contribution in [-0.4, -0.2) is 22.4 Å². The first kappa shape index (κ1) is 12.4. The van der Waals surface area contributed by atoms with Crippen LogP contribution >= 0.6 is 0 Å². The van der Waals surface area contributed by atoms with Gasteiger partial charge in [0.25, 0.3) is 5.56 Å². The molecule has 1 saturated carbocycles. The first-order chi connectivity index (χ1) is 9.34. The van der Waals surface area contributed by atoms with E-state index in [2.05, 4.69) is 10.4 Å². The molecule has 0 bridgehead atoms. The predicted molar refractivity (Wildman–Crippen MR) is 76.3 cm³/mol. The number of aromatic nitrogens is 2. The zero-order valence-corrected chi connectivity index (χ0v) is 11.0. The average Bonchev–Trinajstić information content (AvgIpc) is 2.95. The SMILES string of the molecule is O=c1c2ccccc2cnn1CCNC1CCCC1. The molecule has 4 heteroatoms.